The normalized spacial score (nSPS) is 10.9. The van der Waals surface area contributed by atoms with Crippen molar-refractivity contribution in [3.63, 3.8) is 0 Å². The molecule has 6 nitrogen and oxygen atoms in total. The third-order valence-corrected chi connectivity index (χ3v) is 4.39. The van der Waals surface area contributed by atoms with E-state index in [0.29, 0.717) is 36.9 Å². The van der Waals surface area contributed by atoms with Crippen LogP contribution in [0.1, 0.15) is 16.7 Å². The highest BCUT2D eigenvalue weighted by Gasteiger charge is 2.13. The van der Waals surface area contributed by atoms with Crippen molar-refractivity contribution in [2.24, 2.45) is 0 Å². The van der Waals surface area contributed by atoms with E-state index in [4.69, 9.17) is 17.0 Å². The molecule has 3 N–H and O–H groups in total. The Morgan fingerprint density at radius 1 is 1.36 bits per heavy atom. The first-order chi connectivity index (χ1) is 12.0. The van der Waals surface area contributed by atoms with Gasteiger partial charge in [-0.25, -0.2) is 0 Å². The molecule has 0 atom stereocenters. The largest absolute Gasteiger partial charge is 0.395 e. The van der Waals surface area contributed by atoms with Crippen LogP contribution in [0.3, 0.4) is 0 Å². The van der Waals surface area contributed by atoms with Gasteiger partial charge >= 0.3 is 0 Å². The Bertz CT molecular complexity index is 804. The van der Waals surface area contributed by atoms with Crippen LogP contribution >= 0.6 is 12.2 Å². The van der Waals surface area contributed by atoms with E-state index in [2.05, 4.69) is 16.4 Å². The zero-order valence-corrected chi connectivity index (χ0v) is 15.7. The second-order valence-electron chi connectivity index (χ2n) is 6.04. The zero-order chi connectivity index (χ0) is 18.4. The molecule has 0 aliphatic rings. The molecule has 0 aliphatic carbocycles. The van der Waals surface area contributed by atoms with Crippen LogP contribution in [0.5, 0.6) is 0 Å². The first kappa shape index (κ1) is 19.4. The van der Waals surface area contributed by atoms with Crippen molar-refractivity contribution in [3.05, 3.63) is 45.2 Å². The lowest BCUT2D eigenvalue weighted by Gasteiger charge is -2.25. The molecule has 25 heavy (non-hydrogen) atoms. The molecular formula is C18H25N3O3S. The fraction of sp³-hybridized carbons (Fsp3) is 0.444. The Balaban J connectivity index is 2.27. The van der Waals surface area contributed by atoms with Gasteiger partial charge in [-0.05, 0) is 49.3 Å². The standard InChI is InChI=1S/C18H25N3O3S/c1-12-8-13(2)15-10-14(17(23)20-16(15)9-12)11-21(5-6-22)18(25)19-4-7-24-3/h8-10,22H,4-7,11H2,1-3H3,(H,19,25)(H,20,23). The number of H-pyrrole nitrogens is 1. The number of pyridine rings is 1. The third kappa shape index (κ3) is 5.01. The number of aliphatic hydroxyl groups excluding tert-OH is 1. The van der Waals surface area contributed by atoms with Gasteiger partial charge in [0.25, 0.3) is 5.56 Å². The number of aliphatic hydroxyl groups is 1. The topological polar surface area (TPSA) is 77.6 Å². The molecule has 2 rings (SSSR count). The van der Waals surface area contributed by atoms with Crippen molar-refractivity contribution in [1.29, 1.82) is 0 Å². The number of aromatic amines is 1. The van der Waals surface area contributed by atoms with Crippen LogP contribution in [-0.4, -0.2) is 53.5 Å². The van der Waals surface area contributed by atoms with E-state index in [1.165, 1.54) is 0 Å². The van der Waals surface area contributed by atoms with Gasteiger partial charge in [-0.3, -0.25) is 4.79 Å². The lowest BCUT2D eigenvalue weighted by atomic mass is 10.0. The number of aryl methyl sites for hydroxylation is 2. The fourth-order valence-corrected chi connectivity index (χ4v) is 3.04. The highest BCUT2D eigenvalue weighted by atomic mass is 32.1. The molecule has 0 fully saturated rings. The predicted molar refractivity (Wildman–Crippen MR) is 104 cm³/mol. The van der Waals surface area contributed by atoms with Crippen molar-refractivity contribution < 1.29 is 9.84 Å². The minimum atomic E-state index is -0.139. The van der Waals surface area contributed by atoms with Crippen LogP contribution in [0.2, 0.25) is 0 Å². The quantitative estimate of drug-likeness (QED) is 0.511. The highest BCUT2D eigenvalue weighted by molar-refractivity contribution is 7.80. The van der Waals surface area contributed by atoms with E-state index in [0.717, 1.165) is 22.0 Å². The summed E-state index contributed by atoms with van der Waals surface area (Å²) >= 11 is 5.37. The molecule has 0 saturated heterocycles. The number of aromatic nitrogens is 1. The maximum Gasteiger partial charge on any atom is 0.253 e. The number of rotatable bonds is 7. The van der Waals surface area contributed by atoms with Crippen molar-refractivity contribution in [2.45, 2.75) is 20.4 Å². The number of nitrogens with zero attached hydrogens (tertiary/aromatic N) is 1. The number of hydrogen-bond donors (Lipinski definition) is 3. The number of fused-ring (bicyclic) bond motifs is 1. The number of thiocarbonyl (C=S) groups is 1. The van der Waals surface area contributed by atoms with Gasteiger partial charge in [0.1, 0.15) is 0 Å². The first-order valence-corrected chi connectivity index (χ1v) is 8.62. The summed E-state index contributed by atoms with van der Waals surface area (Å²) < 4.78 is 5.00. The van der Waals surface area contributed by atoms with Crippen molar-refractivity contribution in [2.75, 3.05) is 33.4 Å². The molecule has 136 valence electrons. The van der Waals surface area contributed by atoms with Gasteiger partial charge in [0.2, 0.25) is 0 Å². The average Bonchev–Trinajstić information content (AvgIpc) is 2.55. The Labute approximate surface area is 152 Å². The maximum absolute atomic E-state index is 12.5. The highest BCUT2D eigenvalue weighted by Crippen LogP contribution is 2.19. The molecule has 0 bridgehead atoms. The number of methoxy groups -OCH3 is 1. The molecule has 0 unspecified atom stereocenters. The summed E-state index contributed by atoms with van der Waals surface area (Å²) in [5.41, 5.74) is 3.53. The third-order valence-electron chi connectivity index (χ3n) is 3.99. The van der Waals surface area contributed by atoms with Gasteiger partial charge in [0, 0.05) is 36.7 Å². The number of benzene rings is 1. The average molecular weight is 363 g/mol. The Hall–Kier alpha value is -1.96. The molecule has 1 aromatic carbocycles. The maximum atomic E-state index is 12.5. The molecule has 0 saturated carbocycles. The number of ether oxygens (including phenoxy) is 1. The van der Waals surface area contributed by atoms with Crippen molar-refractivity contribution >= 4 is 28.2 Å². The van der Waals surface area contributed by atoms with Gasteiger partial charge in [-0.1, -0.05) is 6.07 Å². The van der Waals surface area contributed by atoms with Crippen LogP contribution in [0.25, 0.3) is 10.9 Å². The summed E-state index contributed by atoms with van der Waals surface area (Å²) in [6.07, 6.45) is 0. The predicted octanol–water partition coefficient (Wildman–Crippen LogP) is 1.46. The number of hydrogen-bond acceptors (Lipinski definition) is 4. The lowest BCUT2D eigenvalue weighted by Crippen LogP contribution is -2.42. The van der Waals surface area contributed by atoms with Crippen LogP contribution in [0.4, 0.5) is 0 Å². The van der Waals surface area contributed by atoms with Gasteiger partial charge in [-0.15, -0.1) is 0 Å². The van der Waals surface area contributed by atoms with Gasteiger partial charge in [-0.2, -0.15) is 0 Å². The molecule has 0 radical (unpaired) electrons. The van der Waals surface area contributed by atoms with E-state index in [1.54, 1.807) is 12.0 Å². The summed E-state index contributed by atoms with van der Waals surface area (Å²) in [6, 6.07) is 5.97. The van der Waals surface area contributed by atoms with Gasteiger partial charge < -0.3 is 25.0 Å². The molecule has 0 amide bonds. The molecule has 2 aromatic rings. The summed E-state index contributed by atoms with van der Waals surface area (Å²) in [6.45, 7) is 5.77. The molecular weight excluding hydrogens is 338 g/mol. The monoisotopic (exact) mass is 363 g/mol. The van der Waals surface area contributed by atoms with E-state index in [-0.39, 0.29) is 12.2 Å². The Morgan fingerprint density at radius 2 is 2.12 bits per heavy atom. The van der Waals surface area contributed by atoms with Gasteiger partial charge in [0.05, 0.1) is 19.8 Å². The van der Waals surface area contributed by atoms with Crippen molar-refractivity contribution in [3.8, 4) is 0 Å². The SMILES string of the molecule is COCCNC(=S)N(CCO)Cc1cc2c(C)cc(C)cc2[nH]c1=O. The molecule has 0 spiro atoms. The minimum Gasteiger partial charge on any atom is -0.395 e. The second kappa shape index (κ2) is 8.94. The summed E-state index contributed by atoms with van der Waals surface area (Å²) in [4.78, 5) is 17.2. The summed E-state index contributed by atoms with van der Waals surface area (Å²) in [5.74, 6) is 0. The lowest BCUT2D eigenvalue weighted by molar-refractivity contribution is 0.201. The summed E-state index contributed by atoms with van der Waals surface area (Å²) in [5, 5.41) is 13.9. The summed E-state index contributed by atoms with van der Waals surface area (Å²) in [7, 11) is 1.62. The van der Waals surface area contributed by atoms with Crippen LogP contribution in [0.15, 0.2) is 23.0 Å². The fourth-order valence-electron chi connectivity index (χ4n) is 2.78. The van der Waals surface area contributed by atoms with Crippen LogP contribution in [0, 0.1) is 13.8 Å². The number of nitrogens with one attached hydrogen (secondary N) is 2. The minimum absolute atomic E-state index is 0.0458. The second-order valence-corrected chi connectivity index (χ2v) is 6.42. The molecule has 7 heteroatoms. The Morgan fingerprint density at radius 3 is 2.80 bits per heavy atom. The van der Waals surface area contributed by atoms with E-state index in [1.807, 2.05) is 26.0 Å². The zero-order valence-electron chi connectivity index (χ0n) is 14.9. The molecule has 0 aliphatic heterocycles. The molecule has 1 aromatic heterocycles. The van der Waals surface area contributed by atoms with Crippen LogP contribution in [-0.2, 0) is 11.3 Å². The smallest absolute Gasteiger partial charge is 0.253 e. The van der Waals surface area contributed by atoms with E-state index >= 15 is 0 Å². The van der Waals surface area contributed by atoms with Crippen LogP contribution < -0.4 is 10.9 Å². The van der Waals surface area contributed by atoms with E-state index in [9.17, 15) is 9.90 Å². The first-order valence-electron chi connectivity index (χ1n) is 8.22. The van der Waals surface area contributed by atoms with E-state index < -0.39 is 0 Å². The van der Waals surface area contributed by atoms with Crippen molar-refractivity contribution in [1.82, 2.24) is 15.2 Å². The van der Waals surface area contributed by atoms with Gasteiger partial charge in [0.15, 0.2) is 5.11 Å². The Kier molecular flexibility index (Phi) is 6.92. The molecule has 1 heterocycles.